The van der Waals surface area contributed by atoms with E-state index in [2.05, 4.69) is 29.1 Å². The SMILES string of the molecule is CN(C)C1CCN(C(=O)c2ccc3onc(-c4coc(-c5ccccc5)n4)c3c2)CC1. The molecule has 4 aromatic rings. The highest BCUT2D eigenvalue weighted by Gasteiger charge is 2.25. The third kappa shape index (κ3) is 3.72. The number of nitrogens with zero attached hydrogens (tertiary/aromatic N) is 4. The van der Waals surface area contributed by atoms with Crippen LogP contribution in [0.2, 0.25) is 0 Å². The molecule has 7 heteroatoms. The van der Waals surface area contributed by atoms with E-state index in [-0.39, 0.29) is 5.91 Å². The van der Waals surface area contributed by atoms with Crippen molar-refractivity contribution >= 4 is 16.9 Å². The number of oxazole rings is 1. The van der Waals surface area contributed by atoms with Crippen LogP contribution in [-0.4, -0.2) is 59.1 Å². The molecule has 0 saturated carbocycles. The molecule has 2 aromatic heterocycles. The van der Waals surface area contributed by atoms with Gasteiger partial charge >= 0.3 is 0 Å². The maximum absolute atomic E-state index is 13.1. The van der Waals surface area contributed by atoms with Crippen molar-refractivity contribution in [3.05, 3.63) is 60.4 Å². The van der Waals surface area contributed by atoms with E-state index in [4.69, 9.17) is 8.94 Å². The molecular weight excluding hydrogens is 392 g/mol. The Morgan fingerprint density at radius 1 is 1.10 bits per heavy atom. The van der Waals surface area contributed by atoms with Gasteiger partial charge in [0.25, 0.3) is 5.91 Å². The minimum absolute atomic E-state index is 0.0383. The second-order valence-electron chi connectivity index (χ2n) is 8.13. The quantitative estimate of drug-likeness (QED) is 0.493. The van der Waals surface area contributed by atoms with Crippen molar-refractivity contribution in [2.45, 2.75) is 18.9 Å². The molecule has 0 bridgehead atoms. The van der Waals surface area contributed by atoms with Gasteiger partial charge in [0.05, 0.1) is 5.39 Å². The summed E-state index contributed by atoms with van der Waals surface area (Å²) in [6, 6.07) is 15.7. The van der Waals surface area contributed by atoms with Gasteiger partial charge in [-0.1, -0.05) is 23.4 Å². The Labute approximate surface area is 180 Å². The number of amides is 1. The second-order valence-corrected chi connectivity index (χ2v) is 8.13. The summed E-state index contributed by atoms with van der Waals surface area (Å²) in [5.41, 5.74) is 3.28. The van der Waals surface area contributed by atoms with Crippen LogP contribution < -0.4 is 0 Å². The van der Waals surface area contributed by atoms with Gasteiger partial charge in [0.1, 0.15) is 17.7 Å². The van der Waals surface area contributed by atoms with Crippen LogP contribution in [0, 0.1) is 0 Å². The van der Waals surface area contributed by atoms with E-state index in [9.17, 15) is 4.79 Å². The van der Waals surface area contributed by atoms with Crippen LogP contribution in [0.25, 0.3) is 33.8 Å². The highest BCUT2D eigenvalue weighted by atomic mass is 16.5. The van der Waals surface area contributed by atoms with Gasteiger partial charge in [-0.15, -0.1) is 0 Å². The minimum atomic E-state index is 0.0383. The fourth-order valence-electron chi connectivity index (χ4n) is 4.12. The Morgan fingerprint density at radius 2 is 1.87 bits per heavy atom. The molecule has 1 aliphatic rings. The molecule has 0 radical (unpaired) electrons. The number of piperidine rings is 1. The maximum atomic E-state index is 13.1. The fraction of sp³-hybridized carbons (Fsp3) is 0.292. The van der Waals surface area contributed by atoms with Crippen molar-refractivity contribution in [2.24, 2.45) is 0 Å². The number of rotatable bonds is 4. The van der Waals surface area contributed by atoms with Gasteiger partial charge in [0.15, 0.2) is 5.58 Å². The van der Waals surface area contributed by atoms with Crippen molar-refractivity contribution in [3.8, 4) is 22.8 Å². The molecule has 1 fully saturated rings. The first-order valence-corrected chi connectivity index (χ1v) is 10.5. The normalized spacial score (nSPS) is 15.1. The van der Waals surface area contributed by atoms with Crippen molar-refractivity contribution in [2.75, 3.05) is 27.2 Å². The summed E-state index contributed by atoms with van der Waals surface area (Å²) in [6.07, 6.45) is 3.54. The summed E-state index contributed by atoms with van der Waals surface area (Å²) in [7, 11) is 4.19. The van der Waals surface area contributed by atoms with Crippen LogP contribution in [0.3, 0.4) is 0 Å². The molecule has 1 amide bonds. The highest BCUT2D eigenvalue weighted by molar-refractivity contribution is 6.00. The average Bonchev–Trinajstić information content (AvgIpc) is 3.46. The summed E-state index contributed by atoms with van der Waals surface area (Å²) in [4.78, 5) is 21.8. The molecule has 5 rings (SSSR count). The number of benzene rings is 2. The zero-order chi connectivity index (χ0) is 21.4. The smallest absolute Gasteiger partial charge is 0.253 e. The molecule has 3 heterocycles. The minimum Gasteiger partial charge on any atom is -0.444 e. The average molecular weight is 416 g/mol. The number of hydrogen-bond acceptors (Lipinski definition) is 6. The largest absolute Gasteiger partial charge is 0.444 e. The Balaban J connectivity index is 1.42. The monoisotopic (exact) mass is 416 g/mol. The van der Waals surface area contributed by atoms with Crippen LogP contribution in [0.5, 0.6) is 0 Å². The molecule has 158 valence electrons. The molecule has 0 N–H and O–H groups in total. The molecule has 7 nitrogen and oxygen atoms in total. The molecule has 0 atom stereocenters. The zero-order valence-corrected chi connectivity index (χ0v) is 17.6. The predicted octanol–water partition coefficient (Wildman–Crippen LogP) is 4.32. The van der Waals surface area contributed by atoms with E-state index in [0.717, 1.165) is 36.9 Å². The maximum Gasteiger partial charge on any atom is 0.253 e. The van der Waals surface area contributed by atoms with E-state index in [1.807, 2.05) is 41.3 Å². The molecule has 31 heavy (non-hydrogen) atoms. The number of carbonyl (C=O) groups excluding carboxylic acids is 1. The summed E-state index contributed by atoms with van der Waals surface area (Å²) in [6.45, 7) is 1.53. The van der Waals surface area contributed by atoms with Crippen LogP contribution in [0.1, 0.15) is 23.2 Å². The second kappa shape index (κ2) is 8.00. The summed E-state index contributed by atoms with van der Waals surface area (Å²) in [5, 5.41) is 4.94. The third-order valence-electron chi connectivity index (χ3n) is 5.97. The molecule has 0 spiro atoms. The van der Waals surface area contributed by atoms with Gasteiger partial charge in [-0.25, -0.2) is 4.98 Å². The lowest BCUT2D eigenvalue weighted by Gasteiger charge is -2.35. The van der Waals surface area contributed by atoms with Gasteiger partial charge in [0, 0.05) is 30.3 Å². The van der Waals surface area contributed by atoms with E-state index < -0.39 is 0 Å². The van der Waals surface area contributed by atoms with E-state index >= 15 is 0 Å². The van der Waals surface area contributed by atoms with Gasteiger partial charge in [-0.3, -0.25) is 4.79 Å². The lowest BCUT2D eigenvalue weighted by Crippen LogP contribution is -2.44. The summed E-state index contributed by atoms with van der Waals surface area (Å²) in [5.74, 6) is 0.555. The molecular formula is C24H24N4O3. The Morgan fingerprint density at radius 3 is 2.61 bits per heavy atom. The standard InChI is InChI=1S/C24H24N4O3/c1-27(2)18-10-12-28(13-11-18)24(29)17-8-9-21-19(14-17)22(26-31-21)20-15-30-23(25-20)16-6-4-3-5-7-16/h3-9,14-15,18H,10-13H2,1-2H3. The summed E-state index contributed by atoms with van der Waals surface area (Å²) >= 11 is 0. The molecule has 2 aromatic carbocycles. The third-order valence-corrected chi connectivity index (χ3v) is 5.97. The first kappa shape index (κ1) is 19.5. The Bertz CT molecular complexity index is 1200. The van der Waals surface area contributed by atoms with Crippen molar-refractivity contribution in [1.29, 1.82) is 0 Å². The number of carbonyl (C=O) groups is 1. The van der Waals surface area contributed by atoms with Crippen LogP contribution in [-0.2, 0) is 0 Å². The van der Waals surface area contributed by atoms with E-state index in [0.29, 0.717) is 34.5 Å². The van der Waals surface area contributed by atoms with Gasteiger partial charge in [0.2, 0.25) is 5.89 Å². The van der Waals surface area contributed by atoms with E-state index in [1.165, 1.54) is 0 Å². The number of fused-ring (bicyclic) bond motifs is 1. The van der Waals surface area contributed by atoms with E-state index in [1.54, 1.807) is 18.4 Å². The molecule has 0 aliphatic carbocycles. The first-order valence-electron chi connectivity index (χ1n) is 10.5. The van der Waals surface area contributed by atoms with Crippen LogP contribution in [0.15, 0.2) is 63.7 Å². The van der Waals surface area contributed by atoms with Crippen LogP contribution >= 0.6 is 0 Å². The van der Waals surface area contributed by atoms with Gasteiger partial charge in [-0.05, 0) is 57.3 Å². The first-order chi connectivity index (χ1) is 15.1. The zero-order valence-electron chi connectivity index (χ0n) is 17.6. The number of aromatic nitrogens is 2. The molecule has 1 aliphatic heterocycles. The Kier molecular flexibility index (Phi) is 5.03. The van der Waals surface area contributed by atoms with Gasteiger partial charge in [-0.2, -0.15) is 0 Å². The lowest BCUT2D eigenvalue weighted by molar-refractivity contribution is 0.0663. The predicted molar refractivity (Wildman–Crippen MR) is 118 cm³/mol. The highest BCUT2D eigenvalue weighted by Crippen LogP contribution is 2.31. The molecule has 0 unspecified atom stereocenters. The topological polar surface area (TPSA) is 75.6 Å². The lowest BCUT2D eigenvalue weighted by atomic mass is 10.0. The van der Waals surface area contributed by atoms with Gasteiger partial charge < -0.3 is 18.7 Å². The van der Waals surface area contributed by atoms with Crippen molar-refractivity contribution < 1.29 is 13.7 Å². The van der Waals surface area contributed by atoms with Crippen molar-refractivity contribution in [3.63, 3.8) is 0 Å². The van der Waals surface area contributed by atoms with Crippen molar-refractivity contribution in [1.82, 2.24) is 19.9 Å². The van der Waals surface area contributed by atoms with Crippen LogP contribution in [0.4, 0.5) is 0 Å². The fourth-order valence-corrected chi connectivity index (χ4v) is 4.12. The molecule has 1 saturated heterocycles. The summed E-state index contributed by atoms with van der Waals surface area (Å²) < 4.78 is 11.1. The number of hydrogen-bond donors (Lipinski definition) is 0. The number of likely N-dealkylation sites (tertiary alicyclic amines) is 1. The Hall–Kier alpha value is -3.45.